The van der Waals surface area contributed by atoms with Crippen LogP contribution in [-0.4, -0.2) is 25.1 Å². The fourth-order valence-corrected chi connectivity index (χ4v) is 0.637. The smallest absolute Gasteiger partial charge is 0.314 e. The van der Waals surface area contributed by atoms with E-state index in [1.165, 1.54) is 14.2 Å². The third kappa shape index (κ3) is 2.33. The Hall–Kier alpha value is -0.0200. The highest BCUT2D eigenvalue weighted by Crippen LogP contribution is 2.22. The summed E-state index contributed by atoms with van der Waals surface area (Å²) < 4.78 is 18.9. The molecule has 0 rings (SSSR count). The Morgan fingerprint density at radius 1 is 1.50 bits per heavy atom. The number of rotatable bonds is 3. The third-order valence-electron chi connectivity index (χ3n) is 0.584. The molecule has 0 aliphatic heterocycles. The van der Waals surface area contributed by atoms with Crippen LogP contribution in [0.1, 0.15) is 0 Å². The first-order valence-electron chi connectivity index (χ1n) is 1.93. The van der Waals surface area contributed by atoms with Gasteiger partial charge in [-0.2, -0.15) is 4.89 Å². The van der Waals surface area contributed by atoms with E-state index in [4.69, 9.17) is 4.89 Å². The summed E-state index contributed by atoms with van der Waals surface area (Å²) in [7, 11) is 0.248. The Morgan fingerprint density at radius 2 is 1.88 bits per heavy atom. The lowest BCUT2D eigenvalue weighted by molar-refractivity contribution is -0.0458. The minimum absolute atomic E-state index is 0.981. The third-order valence-corrected chi connectivity index (χ3v) is 1.37. The normalized spacial score (nSPS) is 12.2. The average Bonchev–Trinajstić information content (AvgIpc) is 1.69. The monoisotopic (exact) mass is 139 g/mol. The maximum atomic E-state index is 10.1. The second-order valence-corrected chi connectivity index (χ2v) is 2.11. The highest BCUT2D eigenvalue weighted by molar-refractivity contribution is 7.38. The van der Waals surface area contributed by atoms with Gasteiger partial charge in [0.15, 0.2) is 0 Å². The van der Waals surface area contributed by atoms with Crippen LogP contribution in [0.3, 0.4) is 0 Å². The minimum Gasteiger partial charge on any atom is -0.314 e. The average molecular weight is 139 g/mol. The number of hydrogen-bond donors (Lipinski definition) is 1. The van der Waals surface area contributed by atoms with Gasteiger partial charge in [-0.15, -0.1) is 0 Å². The summed E-state index contributed by atoms with van der Waals surface area (Å²) in [5, 5.41) is 0. The molecule has 0 spiro atoms. The summed E-state index contributed by atoms with van der Waals surface area (Å²) in [5.74, 6) is 0. The van der Waals surface area contributed by atoms with E-state index in [1.54, 1.807) is 0 Å². The van der Waals surface area contributed by atoms with Gasteiger partial charge in [-0.05, 0) is 4.57 Å². The largest absolute Gasteiger partial charge is 0.569 e. The Kier molecular flexibility index (Phi) is 3.91. The topological polar surface area (TPSA) is 55.8 Å². The summed E-state index contributed by atoms with van der Waals surface area (Å²) in [6.07, 6.45) is 0. The molecule has 8 heavy (non-hydrogen) atoms. The molecule has 48 valence electrons. The summed E-state index contributed by atoms with van der Waals surface area (Å²) in [4.78, 5) is 8.27. The van der Waals surface area contributed by atoms with Crippen molar-refractivity contribution in [3.05, 3.63) is 0 Å². The van der Waals surface area contributed by atoms with Crippen LogP contribution < -0.4 is 0 Å². The fraction of sp³-hybridized carbons (Fsp3) is 1.00. The molecule has 0 saturated carbocycles. The van der Waals surface area contributed by atoms with Gasteiger partial charge in [0, 0.05) is 14.2 Å². The fourth-order valence-electron chi connectivity index (χ4n) is 0.277. The van der Waals surface area contributed by atoms with Gasteiger partial charge in [0.1, 0.15) is 0 Å². The molecule has 0 amide bonds. The van der Waals surface area contributed by atoms with Gasteiger partial charge in [0.25, 0.3) is 0 Å². The Morgan fingerprint density at radius 3 is 1.88 bits per heavy atom. The number of ether oxygens (including phenoxy) is 2. The summed E-state index contributed by atoms with van der Waals surface area (Å²) in [6.45, 7) is 0. The first-order valence-corrected chi connectivity index (χ1v) is 3.21. The van der Waals surface area contributed by atoms with E-state index < -0.39 is 14.1 Å². The lowest BCUT2D eigenvalue weighted by Crippen LogP contribution is -2.06. The van der Waals surface area contributed by atoms with Crippen molar-refractivity contribution in [2.45, 2.75) is 6.03 Å². The molecular formula is C3H8O4P+. The zero-order chi connectivity index (χ0) is 6.57. The summed E-state index contributed by atoms with van der Waals surface area (Å²) in [5.41, 5.74) is 0. The lowest BCUT2D eigenvalue weighted by atomic mass is 11.3. The molecule has 0 radical (unpaired) electrons. The minimum atomic E-state index is -2.36. The van der Waals surface area contributed by atoms with E-state index in [-0.39, 0.29) is 0 Å². The molecule has 0 aromatic heterocycles. The van der Waals surface area contributed by atoms with Crippen LogP contribution in [0.4, 0.5) is 0 Å². The van der Waals surface area contributed by atoms with Crippen LogP contribution in [0.25, 0.3) is 0 Å². The van der Waals surface area contributed by atoms with Crippen LogP contribution in [0.5, 0.6) is 0 Å². The highest BCUT2D eigenvalue weighted by atomic mass is 31.1. The maximum Gasteiger partial charge on any atom is 0.569 e. The molecule has 0 aliphatic rings. The molecule has 0 heterocycles. The van der Waals surface area contributed by atoms with E-state index >= 15 is 0 Å². The van der Waals surface area contributed by atoms with Crippen LogP contribution >= 0.6 is 8.03 Å². The van der Waals surface area contributed by atoms with Crippen LogP contribution in [0.15, 0.2) is 0 Å². The van der Waals surface area contributed by atoms with Crippen LogP contribution in [0, 0.1) is 0 Å². The van der Waals surface area contributed by atoms with Crippen molar-refractivity contribution in [1.82, 2.24) is 0 Å². The van der Waals surface area contributed by atoms with E-state index in [0.717, 1.165) is 0 Å². The molecule has 0 aromatic rings. The van der Waals surface area contributed by atoms with Crippen molar-refractivity contribution < 1.29 is 18.9 Å². The predicted octanol–water partition coefficient (Wildman–Crippen LogP) is 0.297. The van der Waals surface area contributed by atoms with Gasteiger partial charge in [0.2, 0.25) is 0 Å². The number of methoxy groups -OCH3 is 2. The van der Waals surface area contributed by atoms with Crippen molar-refractivity contribution in [2.24, 2.45) is 0 Å². The van der Waals surface area contributed by atoms with E-state index in [1.807, 2.05) is 0 Å². The first kappa shape index (κ1) is 7.98. The zero-order valence-electron chi connectivity index (χ0n) is 4.70. The maximum absolute atomic E-state index is 10.1. The Labute approximate surface area is 48.3 Å². The van der Waals surface area contributed by atoms with Crippen molar-refractivity contribution in [3.8, 4) is 0 Å². The first-order chi connectivity index (χ1) is 3.72. The van der Waals surface area contributed by atoms with Crippen molar-refractivity contribution >= 4 is 8.03 Å². The van der Waals surface area contributed by atoms with Gasteiger partial charge in [-0.3, -0.25) is 0 Å². The van der Waals surface area contributed by atoms with Crippen LogP contribution in [-0.2, 0) is 14.0 Å². The molecule has 5 heteroatoms. The second kappa shape index (κ2) is 3.92. The van der Waals surface area contributed by atoms with E-state index in [2.05, 4.69) is 9.47 Å². The van der Waals surface area contributed by atoms with Gasteiger partial charge < -0.3 is 9.47 Å². The van der Waals surface area contributed by atoms with Crippen molar-refractivity contribution in [3.63, 3.8) is 0 Å². The molecule has 4 nitrogen and oxygen atoms in total. The van der Waals surface area contributed by atoms with Crippen LogP contribution in [0.2, 0.25) is 0 Å². The standard InChI is InChI=1S/C3H7O4P/c1-6-3(7-2)8(4)5/h3H,1-2H3/p+1. The van der Waals surface area contributed by atoms with Crippen molar-refractivity contribution in [2.75, 3.05) is 14.2 Å². The van der Waals surface area contributed by atoms with Gasteiger partial charge in [-0.25, -0.2) is 0 Å². The molecule has 1 atom stereocenters. The summed E-state index contributed by atoms with van der Waals surface area (Å²) in [6, 6.07) is -0.981. The molecule has 0 aromatic carbocycles. The Balaban J connectivity index is 3.52. The number of hydrogen-bond acceptors (Lipinski definition) is 3. The second-order valence-electron chi connectivity index (χ2n) is 1.08. The van der Waals surface area contributed by atoms with Gasteiger partial charge in [0.05, 0.1) is 0 Å². The predicted molar refractivity (Wildman–Crippen MR) is 27.6 cm³/mol. The molecule has 0 bridgehead atoms. The quantitative estimate of drug-likeness (QED) is 0.451. The van der Waals surface area contributed by atoms with Crippen molar-refractivity contribution in [1.29, 1.82) is 0 Å². The molecule has 1 N–H and O–H groups in total. The summed E-state index contributed by atoms with van der Waals surface area (Å²) >= 11 is 0. The molecule has 0 fully saturated rings. The highest BCUT2D eigenvalue weighted by Gasteiger charge is 2.27. The van der Waals surface area contributed by atoms with E-state index in [0.29, 0.717) is 0 Å². The SMILES string of the molecule is COC(OC)[P+](=O)O. The van der Waals surface area contributed by atoms with Gasteiger partial charge in [-0.1, -0.05) is 0 Å². The molecule has 0 aliphatic carbocycles. The Bertz CT molecular complexity index is 79.4. The zero-order valence-corrected chi connectivity index (χ0v) is 5.59. The van der Waals surface area contributed by atoms with Gasteiger partial charge >= 0.3 is 14.1 Å². The molecule has 0 saturated heterocycles. The van der Waals surface area contributed by atoms with E-state index in [9.17, 15) is 4.57 Å². The molecule has 1 unspecified atom stereocenters. The lowest BCUT2D eigenvalue weighted by Gasteiger charge is -1.95. The molecular weight excluding hydrogens is 131 g/mol.